The van der Waals surface area contributed by atoms with Crippen molar-refractivity contribution in [3.05, 3.63) is 12.2 Å². The summed E-state index contributed by atoms with van der Waals surface area (Å²) in [7, 11) is 0. The van der Waals surface area contributed by atoms with Crippen LogP contribution in [0.2, 0.25) is 0 Å². The van der Waals surface area contributed by atoms with Gasteiger partial charge in [-0.1, -0.05) is 32.3 Å². The predicted octanol–water partition coefficient (Wildman–Crippen LogP) is 3.84. The lowest BCUT2D eigenvalue weighted by molar-refractivity contribution is -0.117. The van der Waals surface area contributed by atoms with E-state index in [4.69, 9.17) is 16.3 Å². The molecule has 0 aliphatic carbocycles. The van der Waals surface area contributed by atoms with Crippen LogP contribution in [0.3, 0.4) is 0 Å². The zero-order valence-electron chi connectivity index (χ0n) is 9.60. The number of halogens is 4. The van der Waals surface area contributed by atoms with E-state index >= 15 is 0 Å². The molecule has 1 atom stereocenters. The van der Waals surface area contributed by atoms with Crippen LogP contribution in [-0.4, -0.2) is 24.1 Å². The van der Waals surface area contributed by atoms with Gasteiger partial charge in [-0.3, -0.25) is 4.79 Å². The number of alkyl halides is 3. The molecule has 6 heteroatoms. The van der Waals surface area contributed by atoms with Crippen molar-refractivity contribution in [3.63, 3.8) is 0 Å². The highest BCUT2D eigenvalue weighted by Crippen LogP contribution is 2.18. The second-order valence-electron chi connectivity index (χ2n) is 3.60. The Morgan fingerprint density at radius 3 is 2.53 bits per heavy atom. The van der Waals surface area contributed by atoms with Crippen molar-refractivity contribution >= 4 is 16.8 Å². The predicted molar refractivity (Wildman–Crippen MR) is 59.9 cm³/mol. The Morgan fingerprint density at radius 1 is 1.41 bits per heavy atom. The molecule has 100 valence electrons. The van der Waals surface area contributed by atoms with Crippen molar-refractivity contribution in [2.45, 2.75) is 44.9 Å². The normalized spacial score (nSPS) is 14.2. The molecule has 0 radical (unpaired) electrons. The number of hydrogen-bond donors (Lipinski definition) is 0. The highest BCUT2D eigenvalue weighted by molar-refractivity contribution is 6.63. The Balaban J connectivity index is 4.19. The van der Waals surface area contributed by atoms with Crippen LogP contribution in [0.1, 0.15) is 32.6 Å². The molecule has 17 heavy (non-hydrogen) atoms. The van der Waals surface area contributed by atoms with Crippen molar-refractivity contribution in [3.8, 4) is 0 Å². The Morgan fingerprint density at radius 2 is 2.06 bits per heavy atom. The SMILES string of the molecule is CCCCC[C@@H](/C=C\C(F)(F)F)OCC(=O)Cl. The lowest BCUT2D eigenvalue weighted by atomic mass is 10.1. The maximum Gasteiger partial charge on any atom is 0.409 e. The van der Waals surface area contributed by atoms with Gasteiger partial charge in [0.05, 0.1) is 6.10 Å². The standard InChI is InChI=1S/C11H16ClF3O2/c1-2-3-4-5-9(17-8-10(12)16)6-7-11(13,14)15/h6-7,9H,2-5,8H2,1H3/b7-6-/t9-/m0/s1. The molecule has 0 saturated heterocycles. The van der Waals surface area contributed by atoms with E-state index in [0.29, 0.717) is 6.42 Å². The van der Waals surface area contributed by atoms with Crippen LogP contribution < -0.4 is 0 Å². The van der Waals surface area contributed by atoms with Gasteiger partial charge in [0, 0.05) is 6.08 Å². The molecule has 0 aromatic carbocycles. The number of allylic oxidation sites excluding steroid dienone is 1. The number of hydrogen-bond acceptors (Lipinski definition) is 2. The van der Waals surface area contributed by atoms with E-state index in [2.05, 4.69) is 0 Å². The third-order valence-electron chi connectivity index (χ3n) is 2.00. The summed E-state index contributed by atoms with van der Waals surface area (Å²) in [4.78, 5) is 10.5. The number of carbonyl (C=O) groups excluding carboxylic acids is 1. The summed E-state index contributed by atoms with van der Waals surface area (Å²) in [6, 6.07) is 0. The zero-order chi connectivity index (χ0) is 13.3. The highest BCUT2D eigenvalue weighted by Gasteiger charge is 2.23. The molecule has 0 rings (SSSR count). The maximum atomic E-state index is 12.0. The molecule has 0 amide bonds. The Hall–Kier alpha value is -0.550. The molecule has 0 aliphatic rings. The Labute approximate surface area is 104 Å². The molecule has 0 spiro atoms. The average molecular weight is 273 g/mol. The average Bonchev–Trinajstić information content (AvgIpc) is 2.20. The minimum absolute atomic E-state index is 0.127. The summed E-state index contributed by atoms with van der Waals surface area (Å²) in [5.74, 6) is 0. The molecule has 0 aromatic rings. The van der Waals surface area contributed by atoms with Crippen molar-refractivity contribution in [2.75, 3.05) is 6.61 Å². The van der Waals surface area contributed by atoms with Crippen LogP contribution in [0.4, 0.5) is 13.2 Å². The van der Waals surface area contributed by atoms with E-state index in [1.807, 2.05) is 6.92 Å². The molecule has 0 aromatic heterocycles. The summed E-state index contributed by atoms with van der Waals surface area (Å²) in [5.41, 5.74) is 0. The molecule has 0 unspecified atom stereocenters. The van der Waals surface area contributed by atoms with Crippen LogP contribution in [0.15, 0.2) is 12.2 Å². The van der Waals surface area contributed by atoms with Crippen molar-refractivity contribution < 1.29 is 22.7 Å². The second-order valence-corrected chi connectivity index (χ2v) is 4.02. The molecule has 0 saturated carbocycles. The minimum Gasteiger partial charge on any atom is -0.365 e. The molecule has 0 N–H and O–H groups in total. The zero-order valence-corrected chi connectivity index (χ0v) is 10.4. The third kappa shape index (κ3) is 11.7. The van der Waals surface area contributed by atoms with Gasteiger partial charge in [-0.25, -0.2) is 0 Å². The van der Waals surface area contributed by atoms with Crippen molar-refractivity contribution in [1.29, 1.82) is 0 Å². The van der Waals surface area contributed by atoms with E-state index in [9.17, 15) is 18.0 Å². The van der Waals surface area contributed by atoms with Gasteiger partial charge >= 0.3 is 6.18 Å². The first-order chi connectivity index (χ1) is 7.85. The fourth-order valence-electron chi connectivity index (χ4n) is 1.22. The van der Waals surface area contributed by atoms with Gasteiger partial charge < -0.3 is 4.74 Å². The number of carbonyl (C=O) groups is 1. The van der Waals surface area contributed by atoms with Crippen LogP contribution in [-0.2, 0) is 9.53 Å². The molecule has 0 bridgehead atoms. The fourth-order valence-corrected chi connectivity index (χ4v) is 1.28. The minimum atomic E-state index is -4.36. The summed E-state index contributed by atoms with van der Waals surface area (Å²) in [6.07, 6.45) is -0.955. The van der Waals surface area contributed by atoms with Gasteiger partial charge in [0.25, 0.3) is 0 Å². The molecule has 0 aliphatic heterocycles. The van der Waals surface area contributed by atoms with Gasteiger partial charge in [-0.15, -0.1) is 0 Å². The Bertz CT molecular complexity index is 252. The topological polar surface area (TPSA) is 26.3 Å². The summed E-state index contributed by atoms with van der Waals surface area (Å²) >= 11 is 5.06. The fraction of sp³-hybridized carbons (Fsp3) is 0.727. The monoisotopic (exact) mass is 272 g/mol. The summed E-state index contributed by atoms with van der Waals surface area (Å²) < 4.78 is 40.9. The van der Waals surface area contributed by atoms with Crippen molar-refractivity contribution in [2.24, 2.45) is 0 Å². The van der Waals surface area contributed by atoms with Crippen LogP contribution in [0.25, 0.3) is 0 Å². The largest absolute Gasteiger partial charge is 0.409 e. The maximum absolute atomic E-state index is 12.0. The molecular weight excluding hydrogens is 257 g/mol. The Kier molecular flexibility index (Phi) is 8.25. The lowest BCUT2D eigenvalue weighted by Crippen LogP contribution is -2.15. The number of rotatable bonds is 8. The van der Waals surface area contributed by atoms with Gasteiger partial charge in [0.15, 0.2) is 0 Å². The van der Waals surface area contributed by atoms with Gasteiger partial charge in [0.2, 0.25) is 5.24 Å². The smallest absolute Gasteiger partial charge is 0.365 e. The molecular formula is C11H16ClF3O2. The van der Waals surface area contributed by atoms with Gasteiger partial charge in [-0.05, 0) is 18.0 Å². The van der Waals surface area contributed by atoms with E-state index in [1.165, 1.54) is 0 Å². The summed E-state index contributed by atoms with van der Waals surface area (Å²) in [6.45, 7) is 1.62. The lowest BCUT2D eigenvalue weighted by Gasteiger charge is -2.13. The van der Waals surface area contributed by atoms with E-state index < -0.39 is 17.5 Å². The molecule has 0 heterocycles. The summed E-state index contributed by atoms with van der Waals surface area (Å²) in [5, 5.41) is -0.717. The first-order valence-corrected chi connectivity index (χ1v) is 5.79. The van der Waals surface area contributed by atoms with Crippen LogP contribution in [0.5, 0.6) is 0 Å². The quantitative estimate of drug-likeness (QED) is 0.381. The third-order valence-corrected chi connectivity index (χ3v) is 2.11. The van der Waals surface area contributed by atoms with Crippen LogP contribution >= 0.6 is 11.6 Å². The van der Waals surface area contributed by atoms with E-state index in [-0.39, 0.29) is 12.7 Å². The van der Waals surface area contributed by atoms with Crippen molar-refractivity contribution in [1.82, 2.24) is 0 Å². The molecule has 0 fully saturated rings. The number of ether oxygens (including phenoxy) is 1. The molecule has 2 nitrogen and oxygen atoms in total. The first-order valence-electron chi connectivity index (χ1n) is 5.41. The van der Waals surface area contributed by atoms with Crippen LogP contribution in [0, 0.1) is 0 Å². The van der Waals surface area contributed by atoms with Gasteiger partial charge in [0.1, 0.15) is 6.61 Å². The number of unbranched alkanes of at least 4 members (excludes halogenated alkanes) is 2. The van der Waals surface area contributed by atoms with E-state index in [0.717, 1.165) is 25.3 Å². The highest BCUT2D eigenvalue weighted by atomic mass is 35.5. The van der Waals surface area contributed by atoms with E-state index in [1.54, 1.807) is 0 Å². The van der Waals surface area contributed by atoms with Gasteiger partial charge in [-0.2, -0.15) is 13.2 Å². The first kappa shape index (κ1) is 16.4. The second kappa shape index (κ2) is 8.53.